The van der Waals surface area contributed by atoms with Gasteiger partial charge in [0.2, 0.25) is 5.75 Å². The van der Waals surface area contributed by atoms with E-state index in [0.717, 1.165) is 16.6 Å². The highest BCUT2D eigenvalue weighted by molar-refractivity contribution is 5.91. The molecule has 0 bridgehead atoms. The van der Waals surface area contributed by atoms with Crippen molar-refractivity contribution in [3.63, 3.8) is 0 Å². The van der Waals surface area contributed by atoms with Gasteiger partial charge in [-0.05, 0) is 19.4 Å². The number of rotatable bonds is 7. The summed E-state index contributed by atoms with van der Waals surface area (Å²) in [5.74, 6) is 1.54. The van der Waals surface area contributed by atoms with Crippen molar-refractivity contribution in [2.24, 2.45) is 0 Å². The first kappa shape index (κ1) is 16.0. The molecule has 0 amide bonds. The van der Waals surface area contributed by atoms with E-state index < -0.39 is 0 Å². The van der Waals surface area contributed by atoms with Crippen LogP contribution in [-0.2, 0) is 16.0 Å². The molecule has 1 heterocycles. The van der Waals surface area contributed by atoms with Gasteiger partial charge in [-0.2, -0.15) is 0 Å². The quantitative estimate of drug-likeness (QED) is 0.796. The summed E-state index contributed by atoms with van der Waals surface area (Å²) < 4.78 is 21.1. The molecular formula is C16H21NO5. The van der Waals surface area contributed by atoms with Crippen LogP contribution in [0, 0.1) is 0 Å². The molecule has 6 nitrogen and oxygen atoms in total. The second-order valence-electron chi connectivity index (χ2n) is 4.71. The van der Waals surface area contributed by atoms with E-state index in [1.165, 1.54) is 0 Å². The minimum absolute atomic E-state index is 0.205. The second-order valence-corrected chi connectivity index (χ2v) is 4.71. The third kappa shape index (κ3) is 3.10. The number of aryl methyl sites for hydroxylation is 1. The fraction of sp³-hybridized carbons (Fsp3) is 0.438. The van der Waals surface area contributed by atoms with Crippen LogP contribution < -0.4 is 14.2 Å². The number of fused-ring (bicyclic) bond motifs is 1. The SMILES string of the molecule is CCOC(=O)CCc1cc2c(OC)c(OC)c(OC)cc2[nH]1. The molecule has 0 aliphatic heterocycles. The van der Waals surface area contributed by atoms with Crippen molar-refractivity contribution >= 4 is 16.9 Å². The van der Waals surface area contributed by atoms with E-state index in [0.29, 0.717) is 36.7 Å². The van der Waals surface area contributed by atoms with Crippen LogP contribution in [0.4, 0.5) is 0 Å². The first-order chi connectivity index (χ1) is 10.6. The van der Waals surface area contributed by atoms with Crippen LogP contribution in [-0.4, -0.2) is 38.9 Å². The molecule has 2 rings (SSSR count). The fourth-order valence-corrected chi connectivity index (χ4v) is 2.41. The molecule has 1 N–H and O–H groups in total. The lowest BCUT2D eigenvalue weighted by Crippen LogP contribution is -2.05. The van der Waals surface area contributed by atoms with Gasteiger partial charge in [0, 0.05) is 17.1 Å². The highest BCUT2D eigenvalue weighted by atomic mass is 16.5. The Kier molecular flexibility index (Phi) is 5.14. The molecule has 0 fully saturated rings. The van der Waals surface area contributed by atoms with E-state index in [9.17, 15) is 4.79 Å². The van der Waals surface area contributed by atoms with Gasteiger partial charge in [0.1, 0.15) is 0 Å². The lowest BCUT2D eigenvalue weighted by molar-refractivity contribution is -0.143. The lowest BCUT2D eigenvalue weighted by atomic mass is 10.2. The maximum absolute atomic E-state index is 11.5. The van der Waals surface area contributed by atoms with E-state index in [-0.39, 0.29) is 5.97 Å². The molecule has 120 valence electrons. The Hall–Kier alpha value is -2.37. The molecular weight excluding hydrogens is 286 g/mol. The normalized spacial score (nSPS) is 10.5. The molecule has 2 aromatic rings. The number of hydrogen-bond donors (Lipinski definition) is 1. The van der Waals surface area contributed by atoms with Crippen molar-refractivity contribution in [1.29, 1.82) is 0 Å². The monoisotopic (exact) mass is 307 g/mol. The van der Waals surface area contributed by atoms with Gasteiger partial charge in [-0.25, -0.2) is 0 Å². The molecule has 1 aromatic carbocycles. The Morgan fingerprint density at radius 3 is 2.41 bits per heavy atom. The first-order valence-electron chi connectivity index (χ1n) is 7.10. The number of ether oxygens (including phenoxy) is 4. The average Bonchev–Trinajstić information content (AvgIpc) is 2.93. The average molecular weight is 307 g/mol. The zero-order chi connectivity index (χ0) is 16.1. The molecule has 1 aromatic heterocycles. The number of methoxy groups -OCH3 is 3. The highest BCUT2D eigenvalue weighted by Crippen LogP contribution is 2.43. The van der Waals surface area contributed by atoms with Crippen LogP contribution in [0.3, 0.4) is 0 Å². The Morgan fingerprint density at radius 1 is 1.09 bits per heavy atom. The van der Waals surface area contributed by atoms with Gasteiger partial charge in [0.05, 0.1) is 39.9 Å². The fourth-order valence-electron chi connectivity index (χ4n) is 2.41. The summed E-state index contributed by atoms with van der Waals surface area (Å²) in [5, 5.41) is 0.888. The largest absolute Gasteiger partial charge is 0.493 e. The van der Waals surface area contributed by atoms with Crippen LogP contribution in [0.1, 0.15) is 19.0 Å². The summed E-state index contributed by atoms with van der Waals surface area (Å²) in [6.07, 6.45) is 0.901. The molecule has 0 spiro atoms. The van der Waals surface area contributed by atoms with E-state index in [1.54, 1.807) is 28.3 Å². The zero-order valence-corrected chi connectivity index (χ0v) is 13.3. The maximum Gasteiger partial charge on any atom is 0.306 e. The third-order valence-corrected chi connectivity index (χ3v) is 3.39. The van der Waals surface area contributed by atoms with Gasteiger partial charge < -0.3 is 23.9 Å². The number of aromatic amines is 1. The van der Waals surface area contributed by atoms with Crippen molar-refractivity contribution in [1.82, 2.24) is 4.98 Å². The van der Waals surface area contributed by atoms with Crippen molar-refractivity contribution < 1.29 is 23.7 Å². The second kappa shape index (κ2) is 7.06. The predicted octanol–water partition coefficient (Wildman–Crippen LogP) is 2.69. The van der Waals surface area contributed by atoms with Crippen LogP contribution in [0.25, 0.3) is 10.9 Å². The van der Waals surface area contributed by atoms with Crippen molar-refractivity contribution in [2.45, 2.75) is 19.8 Å². The van der Waals surface area contributed by atoms with Crippen molar-refractivity contribution in [3.8, 4) is 17.2 Å². The minimum atomic E-state index is -0.205. The van der Waals surface area contributed by atoms with E-state index in [4.69, 9.17) is 18.9 Å². The van der Waals surface area contributed by atoms with Gasteiger partial charge in [0.15, 0.2) is 11.5 Å². The van der Waals surface area contributed by atoms with E-state index in [2.05, 4.69) is 4.98 Å². The summed E-state index contributed by atoms with van der Waals surface area (Å²) in [6.45, 7) is 2.19. The predicted molar refractivity (Wildman–Crippen MR) is 82.9 cm³/mol. The number of esters is 1. The smallest absolute Gasteiger partial charge is 0.306 e. The molecule has 0 radical (unpaired) electrons. The van der Waals surface area contributed by atoms with E-state index in [1.807, 2.05) is 12.1 Å². The Bertz CT molecular complexity index is 662. The van der Waals surface area contributed by atoms with Crippen LogP contribution in [0.15, 0.2) is 12.1 Å². The van der Waals surface area contributed by atoms with Gasteiger partial charge >= 0.3 is 5.97 Å². The summed E-state index contributed by atoms with van der Waals surface area (Å²) in [7, 11) is 4.73. The van der Waals surface area contributed by atoms with Crippen LogP contribution in [0.5, 0.6) is 17.2 Å². The van der Waals surface area contributed by atoms with Crippen LogP contribution in [0.2, 0.25) is 0 Å². The number of carbonyl (C=O) groups is 1. The molecule has 0 atom stereocenters. The summed E-state index contributed by atoms with van der Waals surface area (Å²) in [4.78, 5) is 14.7. The minimum Gasteiger partial charge on any atom is -0.493 e. The lowest BCUT2D eigenvalue weighted by Gasteiger charge is -2.12. The highest BCUT2D eigenvalue weighted by Gasteiger charge is 2.18. The molecule has 22 heavy (non-hydrogen) atoms. The van der Waals surface area contributed by atoms with E-state index >= 15 is 0 Å². The number of hydrogen-bond acceptors (Lipinski definition) is 5. The molecule has 0 saturated heterocycles. The number of benzene rings is 1. The van der Waals surface area contributed by atoms with Crippen LogP contribution >= 0.6 is 0 Å². The molecule has 0 aliphatic carbocycles. The number of H-pyrrole nitrogens is 1. The third-order valence-electron chi connectivity index (χ3n) is 3.39. The van der Waals surface area contributed by atoms with Crippen molar-refractivity contribution in [3.05, 3.63) is 17.8 Å². The molecule has 0 aliphatic rings. The number of nitrogens with one attached hydrogen (secondary N) is 1. The maximum atomic E-state index is 11.5. The standard InChI is InChI=1S/C16H21NO5/c1-5-22-14(18)7-6-10-8-11-12(17-10)9-13(19-2)16(21-4)15(11)20-3/h8-9,17H,5-7H2,1-4H3. The van der Waals surface area contributed by atoms with Gasteiger partial charge in [-0.15, -0.1) is 0 Å². The molecule has 6 heteroatoms. The summed E-state index contributed by atoms with van der Waals surface area (Å²) in [6, 6.07) is 3.81. The topological polar surface area (TPSA) is 69.8 Å². The zero-order valence-electron chi connectivity index (χ0n) is 13.3. The summed E-state index contributed by atoms with van der Waals surface area (Å²) >= 11 is 0. The Labute approximate surface area is 129 Å². The molecule has 0 saturated carbocycles. The van der Waals surface area contributed by atoms with Gasteiger partial charge in [-0.1, -0.05) is 0 Å². The number of aromatic nitrogens is 1. The summed E-state index contributed by atoms with van der Waals surface area (Å²) in [5.41, 5.74) is 1.80. The Balaban J connectivity index is 2.35. The first-order valence-corrected chi connectivity index (χ1v) is 7.10. The molecule has 0 unspecified atom stereocenters. The van der Waals surface area contributed by atoms with Gasteiger partial charge in [-0.3, -0.25) is 4.79 Å². The van der Waals surface area contributed by atoms with Crippen molar-refractivity contribution in [2.75, 3.05) is 27.9 Å². The number of carbonyl (C=O) groups excluding carboxylic acids is 1. The van der Waals surface area contributed by atoms with Gasteiger partial charge in [0.25, 0.3) is 0 Å². The Morgan fingerprint density at radius 2 is 1.82 bits per heavy atom.